The molecule has 2 saturated heterocycles. The normalized spacial score (nSPS) is 29.6. The first-order valence-corrected chi connectivity index (χ1v) is 11.9. The lowest BCUT2D eigenvalue weighted by atomic mass is 9.71. The number of hydrogen-bond acceptors (Lipinski definition) is 3. The van der Waals surface area contributed by atoms with Crippen LogP contribution in [0.5, 0.6) is 0 Å². The third-order valence-corrected chi connectivity index (χ3v) is 7.69. The Hall–Kier alpha value is -1.68. The number of nitrogens with zero attached hydrogens (tertiary/aromatic N) is 2. The number of benzene rings is 2. The summed E-state index contributed by atoms with van der Waals surface area (Å²) >= 11 is 0. The molecule has 2 fully saturated rings. The second-order valence-corrected chi connectivity index (χ2v) is 9.88. The standard InChI is InChI=1S/C27H39N3/c1-21-13-15-29(17-23-9-5-3-6-10-23)19-25(21)27(28)26-20-30(16-14-22(26)2)18-24-11-7-4-8-12-24/h3-12,21-22,25-27H,13-20,28H2,1-2H3. The molecule has 4 atom stereocenters. The van der Waals surface area contributed by atoms with Gasteiger partial charge in [0.1, 0.15) is 0 Å². The minimum Gasteiger partial charge on any atom is -0.327 e. The second-order valence-electron chi connectivity index (χ2n) is 9.88. The molecule has 0 aromatic heterocycles. The highest BCUT2D eigenvalue weighted by Crippen LogP contribution is 2.34. The molecular weight excluding hydrogens is 366 g/mol. The van der Waals surface area contributed by atoms with Crippen molar-refractivity contribution in [2.24, 2.45) is 29.4 Å². The highest BCUT2D eigenvalue weighted by atomic mass is 15.1. The zero-order valence-corrected chi connectivity index (χ0v) is 18.8. The van der Waals surface area contributed by atoms with Gasteiger partial charge >= 0.3 is 0 Å². The van der Waals surface area contributed by atoms with Crippen LogP contribution in [0.4, 0.5) is 0 Å². The summed E-state index contributed by atoms with van der Waals surface area (Å²) in [4.78, 5) is 5.27. The maximum absolute atomic E-state index is 7.06. The lowest BCUT2D eigenvalue weighted by Gasteiger charge is -2.46. The fourth-order valence-electron chi connectivity index (χ4n) is 5.63. The maximum atomic E-state index is 7.06. The molecule has 2 aliphatic rings. The van der Waals surface area contributed by atoms with Crippen molar-refractivity contribution in [3.8, 4) is 0 Å². The van der Waals surface area contributed by atoms with Crippen LogP contribution in [-0.4, -0.2) is 42.0 Å². The van der Waals surface area contributed by atoms with Gasteiger partial charge in [-0.25, -0.2) is 0 Å². The number of likely N-dealkylation sites (tertiary alicyclic amines) is 2. The van der Waals surface area contributed by atoms with Crippen molar-refractivity contribution in [2.75, 3.05) is 26.2 Å². The van der Waals surface area contributed by atoms with Crippen LogP contribution in [0.1, 0.15) is 37.8 Å². The number of piperidine rings is 2. The second kappa shape index (κ2) is 10.1. The van der Waals surface area contributed by atoms with Gasteiger partial charge in [0, 0.05) is 32.2 Å². The Bertz CT molecular complexity index is 697. The average Bonchev–Trinajstić information content (AvgIpc) is 2.77. The molecule has 2 heterocycles. The minimum absolute atomic E-state index is 0.284. The van der Waals surface area contributed by atoms with Gasteiger partial charge in [0.2, 0.25) is 0 Å². The van der Waals surface area contributed by atoms with E-state index in [4.69, 9.17) is 5.73 Å². The number of nitrogens with two attached hydrogens (primary N) is 1. The summed E-state index contributed by atoms with van der Waals surface area (Å²) < 4.78 is 0. The fraction of sp³-hybridized carbons (Fsp3) is 0.556. The lowest BCUT2D eigenvalue weighted by Crippen LogP contribution is -2.55. The largest absolute Gasteiger partial charge is 0.327 e. The van der Waals surface area contributed by atoms with Crippen molar-refractivity contribution in [3.63, 3.8) is 0 Å². The van der Waals surface area contributed by atoms with Gasteiger partial charge in [0.05, 0.1) is 0 Å². The summed E-state index contributed by atoms with van der Waals surface area (Å²) in [7, 11) is 0. The van der Waals surface area contributed by atoms with Gasteiger partial charge in [0.25, 0.3) is 0 Å². The van der Waals surface area contributed by atoms with E-state index in [0.29, 0.717) is 23.7 Å². The van der Waals surface area contributed by atoms with Gasteiger partial charge in [-0.3, -0.25) is 9.80 Å². The Morgan fingerprint density at radius 3 is 1.53 bits per heavy atom. The average molecular weight is 406 g/mol. The molecule has 3 heteroatoms. The van der Waals surface area contributed by atoms with E-state index in [1.807, 2.05) is 0 Å². The SMILES string of the molecule is CC1CCN(Cc2ccccc2)CC1C(N)C1CN(Cc2ccccc2)CCC1C. The smallest absolute Gasteiger partial charge is 0.0233 e. The molecule has 0 aliphatic carbocycles. The molecule has 0 saturated carbocycles. The maximum Gasteiger partial charge on any atom is 0.0233 e. The summed E-state index contributed by atoms with van der Waals surface area (Å²) in [6.07, 6.45) is 2.53. The topological polar surface area (TPSA) is 32.5 Å². The molecular formula is C27H39N3. The number of rotatable bonds is 6. The van der Waals surface area contributed by atoms with Crippen molar-refractivity contribution in [3.05, 3.63) is 71.8 Å². The molecule has 2 aliphatic heterocycles. The van der Waals surface area contributed by atoms with Crippen molar-refractivity contribution in [1.29, 1.82) is 0 Å². The predicted octanol–water partition coefficient (Wildman–Crippen LogP) is 4.63. The van der Waals surface area contributed by atoms with E-state index in [-0.39, 0.29) is 6.04 Å². The van der Waals surface area contributed by atoms with Crippen LogP contribution in [0.2, 0.25) is 0 Å². The molecule has 0 spiro atoms. The van der Waals surface area contributed by atoms with Crippen molar-refractivity contribution >= 4 is 0 Å². The first-order valence-electron chi connectivity index (χ1n) is 11.9. The molecule has 4 rings (SSSR count). The molecule has 0 amide bonds. The molecule has 4 unspecified atom stereocenters. The molecule has 2 N–H and O–H groups in total. The van der Waals surface area contributed by atoms with Crippen LogP contribution in [0, 0.1) is 23.7 Å². The molecule has 2 aromatic carbocycles. The Kier molecular flexibility index (Phi) is 7.24. The van der Waals surface area contributed by atoms with Crippen molar-refractivity contribution < 1.29 is 0 Å². The van der Waals surface area contributed by atoms with Gasteiger partial charge in [-0.15, -0.1) is 0 Å². The molecule has 0 radical (unpaired) electrons. The molecule has 0 bridgehead atoms. The van der Waals surface area contributed by atoms with Gasteiger partial charge in [0.15, 0.2) is 0 Å². The highest BCUT2D eigenvalue weighted by molar-refractivity contribution is 5.15. The third-order valence-electron chi connectivity index (χ3n) is 7.69. The van der Waals surface area contributed by atoms with Gasteiger partial charge in [-0.1, -0.05) is 74.5 Å². The Morgan fingerprint density at radius 1 is 0.733 bits per heavy atom. The van der Waals surface area contributed by atoms with Gasteiger partial charge in [-0.2, -0.15) is 0 Å². The quantitative estimate of drug-likeness (QED) is 0.760. The van der Waals surface area contributed by atoms with E-state index in [9.17, 15) is 0 Å². The van der Waals surface area contributed by atoms with Crippen LogP contribution in [0.25, 0.3) is 0 Å². The predicted molar refractivity (Wildman–Crippen MR) is 126 cm³/mol. The Balaban J connectivity index is 1.39. The van der Waals surface area contributed by atoms with Gasteiger partial charge < -0.3 is 5.73 Å². The monoisotopic (exact) mass is 405 g/mol. The van der Waals surface area contributed by atoms with Crippen molar-refractivity contribution in [1.82, 2.24) is 9.80 Å². The van der Waals surface area contributed by atoms with E-state index < -0.39 is 0 Å². The zero-order valence-electron chi connectivity index (χ0n) is 18.8. The summed E-state index contributed by atoms with van der Waals surface area (Å²) in [5, 5.41) is 0. The van der Waals surface area contributed by atoms with Crippen LogP contribution >= 0.6 is 0 Å². The Labute approximate surface area is 183 Å². The summed E-state index contributed by atoms with van der Waals surface area (Å²) in [5.41, 5.74) is 9.89. The number of hydrogen-bond donors (Lipinski definition) is 1. The highest BCUT2D eigenvalue weighted by Gasteiger charge is 2.38. The minimum atomic E-state index is 0.284. The van der Waals surface area contributed by atoms with Crippen molar-refractivity contribution in [2.45, 2.75) is 45.8 Å². The third kappa shape index (κ3) is 5.32. The first-order chi connectivity index (χ1) is 14.6. The molecule has 3 nitrogen and oxygen atoms in total. The lowest BCUT2D eigenvalue weighted by molar-refractivity contribution is 0.0420. The van der Waals surface area contributed by atoms with Crippen LogP contribution < -0.4 is 5.73 Å². The molecule has 162 valence electrons. The van der Waals surface area contributed by atoms with E-state index >= 15 is 0 Å². The summed E-state index contributed by atoms with van der Waals surface area (Å²) in [6, 6.07) is 22.1. The van der Waals surface area contributed by atoms with Crippen LogP contribution in [0.3, 0.4) is 0 Å². The van der Waals surface area contributed by atoms with E-state index in [1.54, 1.807) is 0 Å². The molecule has 30 heavy (non-hydrogen) atoms. The Morgan fingerprint density at radius 2 is 1.13 bits per heavy atom. The first kappa shape index (κ1) is 21.5. The van der Waals surface area contributed by atoms with Crippen LogP contribution in [0.15, 0.2) is 60.7 Å². The van der Waals surface area contributed by atoms with E-state index in [2.05, 4.69) is 84.3 Å². The van der Waals surface area contributed by atoms with Crippen LogP contribution in [-0.2, 0) is 13.1 Å². The van der Waals surface area contributed by atoms with Gasteiger partial charge in [-0.05, 0) is 60.7 Å². The zero-order chi connectivity index (χ0) is 20.9. The fourth-order valence-corrected chi connectivity index (χ4v) is 5.63. The van der Waals surface area contributed by atoms with E-state index in [0.717, 1.165) is 26.2 Å². The summed E-state index contributed by atoms with van der Waals surface area (Å²) in [5.74, 6) is 2.60. The van der Waals surface area contributed by atoms with E-state index in [1.165, 1.54) is 37.1 Å². The summed E-state index contributed by atoms with van der Waals surface area (Å²) in [6.45, 7) is 11.6. The molecule has 2 aromatic rings.